The molecule has 4 heteroatoms. The van der Waals surface area contributed by atoms with Gasteiger partial charge in [-0.25, -0.2) is 0 Å². The van der Waals surface area contributed by atoms with E-state index in [4.69, 9.17) is 9.47 Å². The molecule has 2 atom stereocenters. The molecule has 2 aliphatic rings. The standard InChI is InChI=1S/2C7H14OS.2C2H6/c1-6(2)7-3-8-5-9-4-7;1-6(2)7-3-4-8-5-9-7;2*1-2/h2*6-7H,3-5H2,1-2H3;2*1-2H3. The Hall–Kier alpha value is 0.620. The molecule has 0 saturated carbocycles. The lowest BCUT2D eigenvalue weighted by Gasteiger charge is -2.24. The molecule has 2 heterocycles. The van der Waals surface area contributed by atoms with E-state index in [-0.39, 0.29) is 0 Å². The second-order valence-corrected chi connectivity index (χ2v) is 7.78. The molecule has 0 N–H and O–H groups in total. The molecule has 2 fully saturated rings. The van der Waals surface area contributed by atoms with Gasteiger partial charge in [0, 0.05) is 17.6 Å². The Morgan fingerprint density at radius 2 is 1.50 bits per heavy atom. The van der Waals surface area contributed by atoms with E-state index >= 15 is 0 Å². The van der Waals surface area contributed by atoms with E-state index in [9.17, 15) is 0 Å². The van der Waals surface area contributed by atoms with Gasteiger partial charge in [-0.2, -0.15) is 0 Å². The van der Waals surface area contributed by atoms with Crippen molar-refractivity contribution in [3.05, 3.63) is 0 Å². The summed E-state index contributed by atoms with van der Waals surface area (Å²) in [5, 5.41) is 0.846. The van der Waals surface area contributed by atoms with Gasteiger partial charge >= 0.3 is 0 Å². The Morgan fingerprint density at radius 1 is 0.864 bits per heavy atom. The van der Waals surface area contributed by atoms with Crippen LogP contribution in [0.3, 0.4) is 0 Å². The van der Waals surface area contributed by atoms with Crippen LogP contribution in [0.2, 0.25) is 0 Å². The lowest BCUT2D eigenvalue weighted by atomic mass is 9.99. The van der Waals surface area contributed by atoms with Gasteiger partial charge in [-0.05, 0) is 24.2 Å². The van der Waals surface area contributed by atoms with Gasteiger partial charge in [0.2, 0.25) is 0 Å². The predicted octanol–water partition coefficient (Wildman–Crippen LogP) is 6.15. The SMILES string of the molecule is CC.CC.CC(C)C1CCOCS1.CC(C)C1COCSC1. The molecule has 0 aliphatic carbocycles. The Kier molecular flexibility index (Phi) is 20.3. The fourth-order valence-corrected chi connectivity index (χ4v) is 4.02. The summed E-state index contributed by atoms with van der Waals surface area (Å²) in [5.74, 6) is 5.50. The third-order valence-electron chi connectivity index (χ3n) is 3.43. The van der Waals surface area contributed by atoms with Crippen molar-refractivity contribution in [2.45, 2.75) is 67.1 Å². The van der Waals surface area contributed by atoms with Gasteiger partial charge < -0.3 is 9.47 Å². The minimum absolute atomic E-state index is 0.790. The third kappa shape index (κ3) is 13.1. The van der Waals surface area contributed by atoms with Crippen molar-refractivity contribution in [1.29, 1.82) is 0 Å². The summed E-state index contributed by atoms with van der Waals surface area (Å²) in [6.45, 7) is 19.0. The van der Waals surface area contributed by atoms with Crippen LogP contribution >= 0.6 is 23.5 Å². The first-order valence-electron chi connectivity index (χ1n) is 8.96. The topological polar surface area (TPSA) is 18.5 Å². The van der Waals surface area contributed by atoms with Gasteiger partial charge in [0.15, 0.2) is 0 Å². The summed E-state index contributed by atoms with van der Waals surface area (Å²) in [4.78, 5) is 0. The molecule has 2 saturated heterocycles. The fourth-order valence-electron chi connectivity index (χ4n) is 1.89. The molecule has 0 aromatic heterocycles. The van der Waals surface area contributed by atoms with Gasteiger partial charge in [0.05, 0.1) is 18.5 Å². The van der Waals surface area contributed by atoms with E-state index in [0.29, 0.717) is 0 Å². The van der Waals surface area contributed by atoms with Crippen molar-refractivity contribution in [3.63, 3.8) is 0 Å². The number of rotatable bonds is 2. The highest BCUT2D eigenvalue weighted by molar-refractivity contribution is 7.99. The molecular weight excluding hydrogens is 312 g/mol. The largest absolute Gasteiger partial charge is 0.371 e. The van der Waals surface area contributed by atoms with Gasteiger partial charge in [0.25, 0.3) is 0 Å². The summed E-state index contributed by atoms with van der Waals surface area (Å²) in [6.07, 6.45) is 1.24. The Labute approximate surface area is 148 Å². The van der Waals surface area contributed by atoms with E-state index in [1.54, 1.807) is 0 Å². The van der Waals surface area contributed by atoms with Crippen LogP contribution in [0, 0.1) is 17.8 Å². The lowest BCUT2D eigenvalue weighted by molar-refractivity contribution is 0.118. The average Bonchev–Trinajstić information content (AvgIpc) is 2.60. The van der Waals surface area contributed by atoms with Crippen LogP contribution in [0.25, 0.3) is 0 Å². The van der Waals surface area contributed by atoms with Crippen LogP contribution in [0.15, 0.2) is 0 Å². The summed E-state index contributed by atoms with van der Waals surface area (Å²) < 4.78 is 10.5. The van der Waals surface area contributed by atoms with Crippen LogP contribution in [0.5, 0.6) is 0 Å². The zero-order valence-corrected chi connectivity index (χ0v) is 17.8. The lowest BCUT2D eigenvalue weighted by Crippen LogP contribution is -2.22. The molecule has 0 aromatic carbocycles. The number of ether oxygens (including phenoxy) is 2. The number of hydrogen-bond donors (Lipinski definition) is 0. The van der Waals surface area contributed by atoms with E-state index < -0.39 is 0 Å². The normalized spacial score (nSPS) is 24.3. The molecule has 2 aliphatic heterocycles. The zero-order chi connectivity index (χ0) is 17.4. The molecule has 0 aromatic rings. The monoisotopic (exact) mass is 352 g/mol. The molecule has 0 spiro atoms. The van der Waals surface area contributed by atoms with Crippen LogP contribution in [-0.4, -0.2) is 36.1 Å². The molecule has 2 nitrogen and oxygen atoms in total. The van der Waals surface area contributed by atoms with Gasteiger partial charge in [-0.15, -0.1) is 23.5 Å². The summed E-state index contributed by atoms with van der Waals surface area (Å²) in [6, 6.07) is 0. The second-order valence-electron chi connectivity index (χ2n) is 5.63. The third-order valence-corrected chi connectivity index (χ3v) is 5.94. The maximum absolute atomic E-state index is 5.31. The van der Waals surface area contributed by atoms with Crippen molar-refractivity contribution in [2.75, 3.05) is 30.8 Å². The van der Waals surface area contributed by atoms with Gasteiger partial charge in [-0.3, -0.25) is 0 Å². The highest BCUT2D eigenvalue weighted by Crippen LogP contribution is 2.26. The second kappa shape index (κ2) is 18.0. The Balaban J connectivity index is 0. The van der Waals surface area contributed by atoms with E-state index in [0.717, 1.165) is 48.1 Å². The van der Waals surface area contributed by atoms with Gasteiger partial charge in [-0.1, -0.05) is 55.4 Å². The summed E-state index contributed by atoms with van der Waals surface area (Å²) in [5.41, 5.74) is 0. The first-order valence-corrected chi connectivity index (χ1v) is 11.2. The zero-order valence-electron chi connectivity index (χ0n) is 16.2. The minimum Gasteiger partial charge on any atom is -0.371 e. The van der Waals surface area contributed by atoms with E-state index in [1.165, 1.54) is 12.2 Å². The van der Waals surface area contributed by atoms with Crippen molar-refractivity contribution in [2.24, 2.45) is 17.8 Å². The first kappa shape index (κ1) is 24.9. The molecule has 22 heavy (non-hydrogen) atoms. The molecule has 0 amide bonds. The van der Waals surface area contributed by atoms with Crippen molar-refractivity contribution in [1.82, 2.24) is 0 Å². The van der Waals surface area contributed by atoms with Crippen LogP contribution in [-0.2, 0) is 9.47 Å². The molecular formula is C18H40O2S2. The molecule has 136 valence electrons. The smallest absolute Gasteiger partial charge is 0.0923 e. The van der Waals surface area contributed by atoms with Gasteiger partial charge in [0.1, 0.15) is 0 Å². The quantitative estimate of drug-likeness (QED) is 0.592. The maximum atomic E-state index is 5.31. The van der Waals surface area contributed by atoms with Crippen molar-refractivity contribution < 1.29 is 9.47 Å². The highest BCUT2D eigenvalue weighted by Gasteiger charge is 2.17. The molecule has 0 radical (unpaired) electrons. The van der Waals surface area contributed by atoms with E-state index in [1.807, 2.05) is 51.2 Å². The van der Waals surface area contributed by atoms with Crippen molar-refractivity contribution >= 4 is 23.5 Å². The highest BCUT2D eigenvalue weighted by atomic mass is 32.2. The Morgan fingerprint density at radius 3 is 1.77 bits per heavy atom. The van der Waals surface area contributed by atoms with Crippen LogP contribution in [0.4, 0.5) is 0 Å². The number of thioether (sulfide) groups is 2. The van der Waals surface area contributed by atoms with Crippen molar-refractivity contribution in [3.8, 4) is 0 Å². The average molecular weight is 353 g/mol. The van der Waals surface area contributed by atoms with E-state index in [2.05, 4.69) is 27.7 Å². The van der Waals surface area contributed by atoms with Crippen LogP contribution < -0.4 is 0 Å². The first-order chi connectivity index (χ1) is 10.6. The maximum Gasteiger partial charge on any atom is 0.0923 e. The minimum atomic E-state index is 0.790. The molecule has 2 unspecified atom stereocenters. The summed E-state index contributed by atoms with van der Waals surface area (Å²) in [7, 11) is 0. The molecule has 0 bridgehead atoms. The predicted molar refractivity (Wildman–Crippen MR) is 106 cm³/mol. The summed E-state index contributed by atoms with van der Waals surface area (Å²) >= 11 is 3.86. The molecule has 2 rings (SSSR count). The fraction of sp³-hybridized carbons (Fsp3) is 1.00. The number of hydrogen-bond acceptors (Lipinski definition) is 4. The Bertz CT molecular complexity index is 177. The van der Waals surface area contributed by atoms with Crippen LogP contribution in [0.1, 0.15) is 61.8 Å².